The molecule has 0 spiro atoms. The predicted octanol–water partition coefficient (Wildman–Crippen LogP) is 4.78. The van der Waals surface area contributed by atoms with Crippen molar-refractivity contribution in [2.45, 2.75) is 32.9 Å². The molecule has 1 atom stereocenters. The van der Waals surface area contributed by atoms with Crippen molar-refractivity contribution in [1.29, 1.82) is 0 Å². The van der Waals surface area contributed by atoms with Gasteiger partial charge in [0.25, 0.3) is 0 Å². The maximum Gasteiger partial charge on any atom is 0.318 e. The normalized spacial score (nSPS) is 15.1. The molecule has 6 heteroatoms. The number of para-hydroxylation sites is 1. The molecule has 6 nitrogen and oxygen atoms in total. The number of amides is 2. The third-order valence-electron chi connectivity index (χ3n) is 6.27. The molecule has 3 heterocycles. The number of carbonyl (C=O) groups excluding carboxylic acids is 1. The molecule has 2 aromatic carbocycles. The van der Waals surface area contributed by atoms with Crippen molar-refractivity contribution >= 4 is 6.03 Å². The molecule has 0 bridgehead atoms. The summed E-state index contributed by atoms with van der Waals surface area (Å²) in [4.78, 5) is 15.0. The van der Waals surface area contributed by atoms with Gasteiger partial charge in [0.2, 0.25) is 0 Å². The molecule has 32 heavy (non-hydrogen) atoms. The van der Waals surface area contributed by atoms with E-state index < -0.39 is 0 Å². The highest BCUT2D eigenvalue weighted by Gasteiger charge is 2.35. The number of urea groups is 1. The molecule has 5 rings (SSSR count). The first-order valence-electron chi connectivity index (χ1n) is 11.0. The summed E-state index contributed by atoms with van der Waals surface area (Å²) in [5, 5.41) is 7.71. The van der Waals surface area contributed by atoms with Crippen LogP contribution in [0.3, 0.4) is 0 Å². The van der Waals surface area contributed by atoms with Crippen molar-refractivity contribution in [3.63, 3.8) is 0 Å². The Morgan fingerprint density at radius 1 is 1.06 bits per heavy atom. The van der Waals surface area contributed by atoms with Gasteiger partial charge in [0.1, 0.15) is 5.82 Å². The van der Waals surface area contributed by atoms with Gasteiger partial charge in [-0.25, -0.2) is 9.48 Å². The molecular weight excluding hydrogens is 398 g/mol. The first kappa shape index (κ1) is 20.1. The van der Waals surface area contributed by atoms with Gasteiger partial charge >= 0.3 is 6.03 Å². The van der Waals surface area contributed by atoms with Crippen LogP contribution in [0.15, 0.2) is 72.9 Å². The fourth-order valence-corrected chi connectivity index (χ4v) is 4.58. The maximum atomic E-state index is 13.1. The van der Waals surface area contributed by atoms with Crippen molar-refractivity contribution in [2.24, 2.45) is 0 Å². The minimum absolute atomic E-state index is 0.109. The molecule has 1 N–H and O–H groups in total. The van der Waals surface area contributed by atoms with Gasteiger partial charge in [-0.3, -0.25) is 0 Å². The predicted molar refractivity (Wildman–Crippen MR) is 125 cm³/mol. The lowest BCUT2D eigenvalue weighted by Crippen LogP contribution is -2.40. The van der Waals surface area contributed by atoms with Crippen LogP contribution >= 0.6 is 0 Å². The summed E-state index contributed by atoms with van der Waals surface area (Å²) < 4.78 is 4.17. The zero-order chi connectivity index (χ0) is 22.2. The summed E-state index contributed by atoms with van der Waals surface area (Å²) in [5.41, 5.74) is 6.36. The van der Waals surface area contributed by atoms with Crippen LogP contribution in [-0.2, 0) is 13.0 Å². The van der Waals surface area contributed by atoms with Crippen molar-refractivity contribution in [3.05, 3.63) is 101 Å². The molecule has 0 unspecified atom stereocenters. The van der Waals surface area contributed by atoms with E-state index in [4.69, 9.17) is 5.10 Å². The summed E-state index contributed by atoms with van der Waals surface area (Å²) >= 11 is 0. The lowest BCUT2D eigenvalue weighted by molar-refractivity contribution is 0.182. The Labute approximate surface area is 188 Å². The Kier molecular flexibility index (Phi) is 5.05. The fraction of sp³-hybridized carbons (Fsp3) is 0.231. The molecule has 0 saturated heterocycles. The topological polar surface area (TPSA) is 55.1 Å². The molecule has 0 aliphatic carbocycles. The largest absolute Gasteiger partial charge is 0.341 e. The van der Waals surface area contributed by atoms with Crippen LogP contribution in [0.5, 0.6) is 0 Å². The minimum atomic E-state index is -0.216. The molecule has 0 saturated carbocycles. The SMILES string of the molecule is CCc1ccc([C@H]2c3cccn3-c3c(c(C)nn3-c3ccccc3)CN2C(=O)NC)cc1. The molecule has 162 valence electrons. The van der Waals surface area contributed by atoms with E-state index in [2.05, 4.69) is 65.5 Å². The van der Waals surface area contributed by atoms with Crippen molar-refractivity contribution < 1.29 is 4.79 Å². The van der Waals surface area contributed by atoms with Gasteiger partial charge in [-0.2, -0.15) is 5.10 Å². The van der Waals surface area contributed by atoms with E-state index in [-0.39, 0.29) is 12.1 Å². The third-order valence-corrected chi connectivity index (χ3v) is 6.27. The minimum Gasteiger partial charge on any atom is -0.341 e. The highest BCUT2D eigenvalue weighted by molar-refractivity contribution is 5.75. The quantitative estimate of drug-likeness (QED) is 0.514. The number of hydrogen-bond donors (Lipinski definition) is 1. The van der Waals surface area contributed by atoms with Crippen LogP contribution in [-0.4, -0.2) is 32.3 Å². The highest BCUT2D eigenvalue weighted by Crippen LogP contribution is 2.38. The van der Waals surface area contributed by atoms with E-state index in [0.29, 0.717) is 6.54 Å². The Balaban J connectivity index is 1.75. The number of aromatic nitrogens is 3. The van der Waals surface area contributed by atoms with E-state index in [1.165, 1.54) is 5.56 Å². The summed E-state index contributed by atoms with van der Waals surface area (Å²) in [6.45, 7) is 4.63. The second-order valence-corrected chi connectivity index (χ2v) is 8.12. The van der Waals surface area contributed by atoms with Crippen LogP contribution in [0, 0.1) is 6.92 Å². The molecule has 1 aliphatic heterocycles. The van der Waals surface area contributed by atoms with Gasteiger partial charge in [-0.05, 0) is 48.7 Å². The second kappa shape index (κ2) is 8.04. The van der Waals surface area contributed by atoms with E-state index in [9.17, 15) is 4.79 Å². The van der Waals surface area contributed by atoms with E-state index in [0.717, 1.165) is 40.4 Å². The van der Waals surface area contributed by atoms with Gasteiger partial charge in [0.15, 0.2) is 0 Å². The Morgan fingerprint density at radius 3 is 2.50 bits per heavy atom. The van der Waals surface area contributed by atoms with E-state index in [1.807, 2.05) is 40.8 Å². The number of benzene rings is 2. The number of carbonyl (C=O) groups is 1. The summed E-state index contributed by atoms with van der Waals surface area (Å²) in [5.74, 6) is 0.982. The van der Waals surface area contributed by atoms with Gasteiger partial charge in [-0.1, -0.05) is 49.4 Å². The fourth-order valence-electron chi connectivity index (χ4n) is 4.58. The Bertz CT molecular complexity index is 1250. The van der Waals surface area contributed by atoms with Gasteiger partial charge in [0, 0.05) is 18.8 Å². The number of nitrogens with one attached hydrogen (secondary N) is 1. The maximum absolute atomic E-state index is 13.1. The molecule has 2 amide bonds. The number of nitrogens with zero attached hydrogens (tertiary/aromatic N) is 4. The third kappa shape index (κ3) is 3.19. The zero-order valence-electron chi connectivity index (χ0n) is 18.6. The molecule has 2 aromatic heterocycles. The lowest BCUT2D eigenvalue weighted by atomic mass is 10.00. The van der Waals surface area contributed by atoms with Gasteiger partial charge in [0.05, 0.1) is 29.7 Å². The first-order valence-corrected chi connectivity index (χ1v) is 11.0. The van der Waals surface area contributed by atoms with Crippen LogP contribution in [0.2, 0.25) is 0 Å². The van der Waals surface area contributed by atoms with Crippen LogP contribution < -0.4 is 5.32 Å². The average molecular weight is 426 g/mol. The Morgan fingerprint density at radius 2 is 1.81 bits per heavy atom. The lowest BCUT2D eigenvalue weighted by Gasteiger charge is -2.30. The number of hydrogen-bond acceptors (Lipinski definition) is 2. The van der Waals surface area contributed by atoms with Gasteiger partial charge in [-0.15, -0.1) is 0 Å². The molecule has 0 fully saturated rings. The van der Waals surface area contributed by atoms with E-state index >= 15 is 0 Å². The smallest absolute Gasteiger partial charge is 0.318 e. The van der Waals surface area contributed by atoms with Crippen molar-refractivity contribution in [2.75, 3.05) is 7.05 Å². The highest BCUT2D eigenvalue weighted by atomic mass is 16.2. The molecule has 1 aliphatic rings. The van der Waals surface area contributed by atoms with E-state index in [1.54, 1.807) is 7.05 Å². The van der Waals surface area contributed by atoms with Crippen LogP contribution in [0.4, 0.5) is 4.79 Å². The number of fused-ring (bicyclic) bond motifs is 3. The average Bonchev–Trinajstić information content (AvgIpc) is 3.40. The van der Waals surface area contributed by atoms with Crippen molar-refractivity contribution in [1.82, 2.24) is 24.6 Å². The van der Waals surface area contributed by atoms with Gasteiger partial charge < -0.3 is 14.8 Å². The first-order chi connectivity index (χ1) is 15.6. The number of rotatable bonds is 3. The van der Waals surface area contributed by atoms with Crippen LogP contribution in [0.25, 0.3) is 11.5 Å². The summed E-state index contributed by atoms with van der Waals surface area (Å²) in [6, 6.07) is 22.5. The molecule has 4 aromatic rings. The summed E-state index contributed by atoms with van der Waals surface area (Å²) in [6.07, 6.45) is 3.05. The standard InChI is InChI=1S/C26H27N5O/c1-4-19-12-14-20(15-13-19)24-23-11-8-16-29(23)25-22(17-30(24)26(32)27-3)18(2)28-31(25)21-9-6-5-7-10-21/h5-16,24H,4,17H2,1-3H3,(H,27,32)/t24-/m0/s1. The number of aryl methyl sites for hydroxylation is 2. The second-order valence-electron chi connectivity index (χ2n) is 8.12. The summed E-state index contributed by atoms with van der Waals surface area (Å²) in [7, 11) is 1.69. The monoisotopic (exact) mass is 425 g/mol. The van der Waals surface area contributed by atoms with Crippen LogP contribution in [0.1, 0.15) is 41.0 Å². The molecular formula is C26H27N5O. The molecule has 0 radical (unpaired) electrons. The Hall–Kier alpha value is -3.80. The zero-order valence-corrected chi connectivity index (χ0v) is 18.6. The van der Waals surface area contributed by atoms with Crippen molar-refractivity contribution in [3.8, 4) is 11.5 Å².